The zero-order chi connectivity index (χ0) is 21.8. The number of benzene rings is 1. The summed E-state index contributed by atoms with van der Waals surface area (Å²) in [5.74, 6) is -0.0853. The molecule has 3 aromatic rings. The molecule has 0 unspecified atom stereocenters. The first-order chi connectivity index (χ1) is 14.9. The first kappa shape index (κ1) is 21.6. The second-order valence-electron chi connectivity index (χ2n) is 7.82. The minimum Gasteiger partial charge on any atom is -0.348 e. The molecule has 4 rings (SSSR count). The van der Waals surface area contributed by atoms with Crippen LogP contribution >= 0.6 is 11.3 Å². The third kappa shape index (κ3) is 5.57. The Morgan fingerprint density at radius 3 is 2.58 bits per heavy atom. The number of halogens is 3. The van der Waals surface area contributed by atoms with Gasteiger partial charge in [0.05, 0.1) is 12.1 Å². The number of thiophene rings is 1. The number of aromatic nitrogens is 1. The molecule has 1 amide bonds. The van der Waals surface area contributed by atoms with Gasteiger partial charge in [-0.25, -0.2) is 0 Å². The van der Waals surface area contributed by atoms with Crippen molar-refractivity contribution in [3.8, 4) is 0 Å². The molecular weight excluding hydrogens is 423 g/mol. The molecule has 0 bridgehead atoms. The normalized spacial score (nSPS) is 15.8. The highest BCUT2D eigenvalue weighted by atomic mass is 32.1. The smallest absolute Gasteiger partial charge is 0.348 e. The molecule has 8 heteroatoms. The lowest BCUT2D eigenvalue weighted by Gasteiger charge is -2.32. The SMILES string of the molecule is O=C(NC1CCN(Cc2cccc(C(F)(F)F)c2)CC1)c1cccn1Cc1cccs1. The molecule has 0 aliphatic carbocycles. The van der Waals surface area contributed by atoms with Gasteiger partial charge in [-0.2, -0.15) is 13.2 Å². The van der Waals surface area contributed by atoms with Crippen LogP contribution in [0.1, 0.15) is 39.3 Å². The molecule has 164 valence electrons. The Hall–Kier alpha value is -2.58. The van der Waals surface area contributed by atoms with Crippen molar-refractivity contribution in [3.63, 3.8) is 0 Å². The third-order valence-corrected chi connectivity index (χ3v) is 6.41. The van der Waals surface area contributed by atoms with Crippen LogP contribution in [0.4, 0.5) is 13.2 Å². The quantitative estimate of drug-likeness (QED) is 0.577. The maximum Gasteiger partial charge on any atom is 0.416 e. The summed E-state index contributed by atoms with van der Waals surface area (Å²) in [6.07, 6.45) is -0.868. The van der Waals surface area contributed by atoms with Gasteiger partial charge in [-0.05, 0) is 48.1 Å². The highest BCUT2D eigenvalue weighted by molar-refractivity contribution is 7.09. The van der Waals surface area contributed by atoms with Gasteiger partial charge >= 0.3 is 6.18 Å². The van der Waals surface area contributed by atoms with E-state index in [-0.39, 0.29) is 11.9 Å². The summed E-state index contributed by atoms with van der Waals surface area (Å²) < 4.78 is 40.7. The monoisotopic (exact) mass is 447 g/mol. The molecule has 4 nitrogen and oxygen atoms in total. The van der Waals surface area contributed by atoms with Crippen LogP contribution in [0.2, 0.25) is 0 Å². The Bertz CT molecular complexity index is 1010. The topological polar surface area (TPSA) is 37.3 Å². The summed E-state index contributed by atoms with van der Waals surface area (Å²) in [6.45, 7) is 2.62. The Morgan fingerprint density at radius 2 is 1.87 bits per heavy atom. The second kappa shape index (κ2) is 9.28. The van der Waals surface area contributed by atoms with E-state index in [0.717, 1.165) is 32.0 Å². The van der Waals surface area contributed by atoms with Gasteiger partial charge in [-0.1, -0.05) is 24.3 Å². The van der Waals surface area contributed by atoms with Crippen molar-refractivity contribution in [1.29, 1.82) is 0 Å². The summed E-state index contributed by atoms with van der Waals surface area (Å²) in [7, 11) is 0. The van der Waals surface area contributed by atoms with E-state index in [0.29, 0.717) is 24.3 Å². The molecule has 0 saturated carbocycles. The van der Waals surface area contributed by atoms with Crippen molar-refractivity contribution in [2.45, 2.75) is 38.1 Å². The maximum atomic E-state index is 12.9. The zero-order valence-electron chi connectivity index (χ0n) is 16.9. The van der Waals surface area contributed by atoms with E-state index >= 15 is 0 Å². The highest BCUT2D eigenvalue weighted by Gasteiger charge is 2.30. The van der Waals surface area contributed by atoms with Crippen LogP contribution in [0.25, 0.3) is 0 Å². The molecule has 2 aromatic heterocycles. The van der Waals surface area contributed by atoms with Crippen molar-refractivity contribution < 1.29 is 18.0 Å². The highest BCUT2D eigenvalue weighted by Crippen LogP contribution is 2.30. The van der Waals surface area contributed by atoms with E-state index in [9.17, 15) is 18.0 Å². The van der Waals surface area contributed by atoms with Crippen LogP contribution < -0.4 is 5.32 Å². The summed E-state index contributed by atoms with van der Waals surface area (Å²) in [5, 5.41) is 5.14. The molecule has 1 saturated heterocycles. The second-order valence-corrected chi connectivity index (χ2v) is 8.85. The minimum absolute atomic E-state index is 0.0651. The van der Waals surface area contributed by atoms with Crippen LogP contribution in [0.5, 0.6) is 0 Å². The molecule has 0 atom stereocenters. The molecule has 1 aliphatic rings. The summed E-state index contributed by atoms with van der Waals surface area (Å²) in [4.78, 5) is 16.1. The summed E-state index contributed by atoms with van der Waals surface area (Å²) in [6, 6.07) is 13.3. The summed E-state index contributed by atoms with van der Waals surface area (Å²) in [5.41, 5.74) is 0.682. The maximum absolute atomic E-state index is 12.9. The van der Waals surface area contributed by atoms with Gasteiger partial charge in [-0.3, -0.25) is 9.69 Å². The number of nitrogens with zero attached hydrogens (tertiary/aromatic N) is 2. The molecule has 1 fully saturated rings. The number of hydrogen-bond acceptors (Lipinski definition) is 3. The van der Waals surface area contributed by atoms with E-state index < -0.39 is 11.7 Å². The number of hydrogen-bond donors (Lipinski definition) is 1. The minimum atomic E-state index is -4.32. The molecule has 31 heavy (non-hydrogen) atoms. The van der Waals surface area contributed by atoms with Gasteiger partial charge in [0.2, 0.25) is 0 Å². The van der Waals surface area contributed by atoms with Crippen LogP contribution in [0, 0.1) is 0 Å². The zero-order valence-corrected chi connectivity index (χ0v) is 17.8. The average molecular weight is 448 g/mol. The van der Waals surface area contributed by atoms with Crippen molar-refractivity contribution in [2.75, 3.05) is 13.1 Å². The fourth-order valence-electron chi connectivity index (χ4n) is 3.93. The number of piperidine rings is 1. The van der Waals surface area contributed by atoms with Crippen molar-refractivity contribution in [3.05, 3.63) is 81.8 Å². The fourth-order valence-corrected chi connectivity index (χ4v) is 4.63. The molecule has 0 radical (unpaired) electrons. The van der Waals surface area contributed by atoms with Gasteiger partial charge in [0.15, 0.2) is 0 Å². The fraction of sp³-hybridized carbons (Fsp3) is 0.348. The molecule has 1 N–H and O–H groups in total. The predicted octanol–water partition coefficient (Wildman–Crippen LogP) is 5.01. The van der Waals surface area contributed by atoms with Crippen LogP contribution in [0.15, 0.2) is 60.1 Å². The van der Waals surface area contributed by atoms with Crippen LogP contribution in [-0.4, -0.2) is 34.5 Å². The molecule has 1 aromatic carbocycles. The van der Waals surface area contributed by atoms with E-state index in [1.54, 1.807) is 17.4 Å². The Labute approximate surface area is 183 Å². The van der Waals surface area contributed by atoms with Gasteiger partial charge < -0.3 is 9.88 Å². The van der Waals surface area contributed by atoms with Gasteiger partial charge in [0.1, 0.15) is 5.69 Å². The molecule has 0 spiro atoms. The Morgan fingerprint density at radius 1 is 1.06 bits per heavy atom. The average Bonchev–Trinajstić information content (AvgIpc) is 3.42. The standard InChI is InChI=1S/C23H24F3N3OS/c24-23(25,26)18-5-1-4-17(14-18)15-28-11-8-19(9-12-28)27-22(30)21-7-2-10-29(21)16-20-6-3-13-31-20/h1-7,10,13-14,19H,8-9,11-12,15-16H2,(H,27,30). The van der Waals surface area contributed by atoms with E-state index in [1.807, 2.05) is 40.4 Å². The number of alkyl halides is 3. The molecular formula is C23H24F3N3OS. The van der Waals surface area contributed by atoms with Gasteiger partial charge in [0.25, 0.3) is 5.91 Å². The third-order valence-electron chi connectivity index (χ3n) is 5.55. The lowest BCUT2D eigenvalue weighted by Crippen LogP contribution is -2.44. The largest absolute Gasteiger partial charge is 0.416 e. The van der Waals surface area contributed by atoms with E-state index in [4.69, 9.17) is 0 Å². The number of likely N-dealkylation sites (tertiary alicyclic amines) is 1. The van der Waals surface area contributed by atoms with Crippen LogP contribution in [0.3, 0.4) is 0 Å². The van der Waals surface area contributed by atoms with Gasteiger partial charge in [0, 0.05) is 36.8 Å². The lowest BCUT2D eigenvalue weighted by atomic mass is 10.0. The van der Waals surface area contributed by atoms with E-state index in [1.165, 1.54) is 17.0 Å². The van der Waals surface area contributed by atoms with Crippen molar-refractivity contribution in [1.82, 2.24) is 14.8 Å². The van der Waals surface area contributed by atoms with Crippen LogP contribution in [-0.2, 0) is 19.3 Å². The Balaban J connectivity index is 1.29. The number of amides is 1. The number of carbonyl (C=O) groups is 1. The van der Waals surface area contributed by atoms with Crippen molar-refractivity contribution in [2.24, 2.45) is 0 Å². The Kier molecular flexibility index (Phi) is 6.48. The van der Waals surface area contributed by atoms with E-state index in [2.05, 4.69) is 10.2 Å². The predicted molar refractivity (Wildman–Crippen MR) is 115 cm³/mol. The first-order valence-electron chi connectivity index (χ1n) is 10.3. The first-order valence-corrected chi connectivity index (χ1v) is 11.1. The molecule has 1 aliphatic heterocycles. The number of carbonyl (C=O) groups excluding carboxylic acids is 1. The van der Waals surface area contributed by atoms with Crippen molar-refractivity contribution >= 4 is 17.2 Å². The number of rotatable bonds is 6. The number of nitrogens with one attached hydrogen (secondary N) is 1. The summed E-state index contributed by atoms with van der Waals surface area (Å²) >= 11 is 1.66. The van der Waals surface area contributed by atoms with Gasteiger partial charge in [-0.15, -0.1) is 11.3 Å². The lowest BCUT2D eigenvalue weighted by molar-refractivity contribution is -0.137. The molecule has 3 heterocycles.